The van der Waals surface area contributed by atoms with Gasteiger partial charge >= 0.3 is 0 Å². The summed E-state index contributed by atoms with van der Waals surface area (Å²) in [5.74, 6) is -0.505. The molecule has 0 radical (unpaired) electrons. The molecule has 4 heteroatoms. The van der Waals surface area contributed by atoms with Gasteiger partial charge < -0.3 is 0 Å². The summed E-state index contributed by atoms with van der Waals surface area (Å²) in [6.45, 7) is 2.72. The predicted octanol–water partition coefficient (Wildman–Crippen LogP) is 2.30. The van der Waals surface area contributed by atoms with E-state index in [0.29, 0.717) is 10.7 Å². The molecular formula is C11H10ClNO2. The number of allylic oxidation sites excluding steroid dienone is 1. The van der Waals surface area contributed by atoms with Crippen LogP contribution in [0.3, 0.4) is 0 Å². The molecule has 1 heterocycles. The van der Waals surface area contributed by atoms with Gasteiger partial charge in [0.25, 0.3) is 0 Å². The van der Waals surface area contributed by atoms with Crippen LogP contribution in [0.5, 0.6) is 0 Å². The predicted molar refractivity (Wildman–Crippen MR) is 58.6 cm³/mol. The number of hydrogen-bond donors (Lipinski definition) is 0. The smallest absolute Gasteiger partial charge is 0.163 e. The Balaban J connectivity index is 3.08. The molecule has 0 bridgehead atoms. The molecule has 1 aromatic heterocycles. The van der Waals surface area contributed by atoms with Crippen molar-refractivity contribution in [3.8, 4) is 0 Å². The summed E-state index contributed by atoms with van der Waals surface area (Å²) in [6.07, 6.45) is 3.02. The van der Waals surface area contributed by atoms with Gasteiger partial charge in [-0.15, -0.1) is 0 Å². The van der Waals surface area contributed by atoms with Gasteiger partial charge in [-0.1, -0.05) is 17.7 Å². The standard InChI is InChI=1S/C11H10ClNO2/c1-7(14)10(8(2)15)5-9-3-4-11(12)13-6-9/h3-6H,1-2H3. The Hall–Kier alpha value is -1.48. The van der Waals surface area contributed by atoms with E-state index < -0.39 is 0 Å². The summed E-state index contributed by atoms with van der Waals surface area (Å²) in [5, 5.41) is 0.374. The Morgan fingerprint density at radius 1 is 1.27 bits per heavy atom. The molecule has 0 N–H and O–H groups in total. The van der Waals surface area contributed by atoms with E-state index >= 15 is 0 Å². The second-order valence-corrected chi connectivity index (χ2v) is 3.47. The lowest BCUT2D eigenvalue weighted by atomic mass is 10.1. The van der Waals surface area contributed by atoms with Crippen LogP contribution in [0.4, 0.5) is 0 Å². The van der Waals surface area contributed by atoms with Gasteiger partial charge in [-0.3, -0.25) is 9.59 Å². The van der Waals surface area contributed by atoms with Crippen molar-refractivity contribution in [2.75, 3.05) is 0 Å². The fraction of sp³-hybridized carbons (Fsp3) is 0.182. The third-order valence-corrected chi connectivity index (χ3v) is 2.04. The molecule has 1 rings (SSSR count). The molecule has 3 nitrogen and oxygen atoms in total. The molecule has 0 aliphatic rings. The van der Waals surface area contributed by atoms with Gasteiger partial charge in [-0.25, -0.2) is 4.98 Å². The molecule has 0 fully saturated rings. The quantitative estimate of drug-likeness (QED) is 0.342. The van der Waals surface area contributed by atoms with Gasteiger partial charge in [-0.05, 0) is 31.6 Å². The molecule has 0 spiro atoms. The zero-order valence-corrected chi connectivity index (χ0v) is 9.21. The number of aromatic nitrogens is 1. The first kappa shape index (κ1) is 11.6. The number of ketones is 2. The molecule has 0 saturated carbocycles. The normalized spacial score (nSPS) is 9.53. The van der Waals surface area contributed by atoms with Crippen LogP contribution in [0.2, 0.25) is 5.15 Å². The molecule has 0 atom stereocenters. The second-order valence-electron chi connectivity index (χ2n) is 3.08. The molecule has 0 saturated heterocycles. The van der Waals surface area contributed by atoms with Crippen LogP contribution in [0.15, 0.2) is 23.9 Å². The Morgan fingerprint density at radius 2 is 1.87 bits per heavy atom. The SMILES string of the molecule is CC(=O)C(=Cc1ccc(Cl)nc1)C(C)=O. The molecule has 78 valence electrons. The molecule has 15 heavy (non-hydrogen) atoms. The number of carbonyl (C=O) groups is 2. The van der Waals surface area contributed by atoms with Crippen LogP contribution in [-0.2, 0) is 9.59 Å². The first-order valence-electron chi connectivity index (χ1n) is 4.36. The Labute approximate surface area is 92.8 Å². The maximum Gasteiger partial charge on any atom is 0.163 e. The summed E-state index contributed by atoms with van der Waals surface area (Å²) in [7, 11) is 0. The minimum atomic E-state index is -0.252. The third-order valence-electron chi connectivity index (χ3n) is 1.82. The van der Waals surface area contributed by atoms with Gasteiger partial charge in [0.15, 0.2) is 11.6 Å². The van der Waals surface area contributed by atoms with Gasteiger partial charge in [0.1, 0.15) is 5.15 Å². The lowest BCUT2D eigenvalue weighted by Gasteiger charge is -1.98. The fourth-order valence-corrected chi connectivity index (χ4v) is 1.20. The van der Waals surface area contributed by atoms with Crippen molar-refractivity contribution in [2.45, 2.75) is 13.8 Å². The first-order valence-corrected chi connectivity index (χ1v) is 4.73. The van der Waals surface area contributed by atoms with E-state index in [0.717, 1.165) is 0 Å². The summed E-state index contributed by atoms with van der Waals surface area (Å²) in [6, 6.07) is 3.30. The highest BCUT2D eigenvalue weighted by molar-refractivity contribution is 6.29. The largest absolute Gasteiger partial charge is 0.294 e. The third kappa shape index (κ3) is 3.29. The van der Waals surface area contributed by atoms with E-state index in [4.69, 9.17) is 11.6 Å². The number of carbonyl (C=O) groups excluding carboxylic acids is 2. The number of Topliss-reactive ketones (excluding diaryl/α,β-unsaturated/α-hetero) is 2. The van der Waals surface area contributed by atoms with Crippen molar-refractivity contribution in [3.05, 3.63) is 34.6 Å². The minimum absolute atomic E-state index is 0.166. The summed E-state index contributed by atoms with van der Waals surface area (Å²) < 4.78 is 0. The van der Waals surface area contributed by atoms with Gasteiger partial charge in [0, 0.05) is 6.20 Å². The highest BCUT2D eigenvalue weighted by Gasteiger charge is 2.08. The van der Waals surface area contributed by atoms with Crippen molar-refractivity contribution in [2.24, 2.45) is 0 Å². The molecule has 0 aliphatic heterocycles. The van der Waals surface area contributed by atoms with E-state index in [2.05, 4.69) is 4.98 Å². The molecular weight excluding hydrogens is 214 g/mol. The van der Waals surface area contributed by atoms with E-state index in [1.54, 1.807) is 12.1 Å². The van der Waals surface area contributed by atoms with Crippen LogP contribution < -0.4 is 0 Å². The van der Waals surface area contributed by atoms with Crippen LogP contribution >= 0.6 is 11.6 Å². The van der Waals surface area contributed by atoms with Crippen molar-refractivity contribution in [3.63, 3.8) is 0 Å². The minimum Gasteiger partial charge on any atom is -0.294 e. The molecule has 1 aromatic rings. The molecule has 0 amide bonds. The lowest BCUT2D eigenvalue weighted by Crippen LogP contribution is -2.05. The number of rotatable bonds is 3. The zero-order chi connectivity index (χ0) is 11.4. The number of hydrogen-bond acceptors (Lipinski definition) is 3. The fourth-order valence-electron chi connectivity index (χ4n) is 1.09. The van der Waals surface area contributed by atoms with Crippen molar-refractivity contribution in [1.29, 1.82) is 0 Å². The van der Waals surface area contributed by atoms with Crippen LogP contribution in [0.1, 0.15) is 19.4 Å². The molecule has 0 aliphatic carbocycles. The second kappa shape index (κ2) is 4.84. The zero-order valence-electron chi connectivity index (χ0n) is 8.45. The van der Waals surface area contributed by atoms with Crippen LogP contribution in [0.25, 0.3) is 6.08 Å². The summed E-state index contributed by atoms with van der Waals surface area (Å²) in [5.41, 5.74) is 0.846. The average Bonchev–Trinajstić information content (AvgIpc) is 2.15. The topological polar surface area (TPSA) is 47.0 Å². The summed E-state index contributed by atoms with van der Waals surface area (Å²) >= 11 is 5.61. The van der Waals surface area contributed by atoms with Crippen molar-refractivity contribution >= 4 is 29.2 Å². The molecule has 0 aromatic carbocycles. The Morgan fingerprint density at radius 3 is 2.27 bits per heavy atom. The maximum absolute atomic E-state index is 11.1. The highest BCUT2D eigenvalue weighted by atomic mass is 35.5. The van der Waals surface area contributed by atoms with E-state index in [1.165, 1.54) is 26.1 Å². The Bertz CT molecular complexity index is 405. The molecule has 0 unspecified atom stereocenters. The monoisotopic (exact) mass is 223 g/mol. The van der Waals surface area contributed by atoms with Gasteiger partial charge in [0.2, 0.25) is 0 Å². The van der Waals surface area contributed by atoms with E-state index in [-0.39, 0.29) is 17.1 Å². The lowest BCUT2D eigenvalue weighted by molar-refractivity contribution is -0.119. The van der Waals surface area contributed by atoms with E-state index in [1.807, 2.05) is 0 Å². The number of pyridine rings is 1. The summed E-state index contributed by atoms with van der Waals surface area (Å²) in [4.78, 5) is 26.1. The number of nitrogens with zero attached hydrogens (tertiary/aromatic N) is 1. The van der Waals surface area contributed by atoms with E-state index in [9.17, 15) is 9.59 Å². The maximum atomic E-state index is 11.1. The van der Waals surface area contributed by atoms with Crippen molar-refractivity contribution < 1.29 is 9.59 Å². The number of halogens is 1. The van der Waals surface area contributed by atoms with Crippen LogP contribution in [-0.4, -0.2) is 16.6 Å². The average molecular weight is 224 g/mol. The van der Waals surface area contributed by atoms with Crippen molar-refractivity contribution in [1.82, 2.24) is 4.98 Å². The highest BCUT2D eigenvalue weighted by Crippen LogP contribution is 2.10. The Kier molecular flexibility index (Phi) is 3.74. The van der Waals surface area contributed by atoms with Gasteiger partial charge in [0.05, 0.1) is 5.57 Å². The van der Waals surface area contributed by atoms with Crippen LogP contribution in [0, 0.1) is 0 Å². The van der Waals surface area contributed by atoms with Gasteiger partial charge in [-0.2, -0.15) is 0 Å². The first-order chi connectivity index (χ1) is 7.00.